The Kier molecular flexibility index (Phi) is 2.83. The summed E-state index contributed by atoms with van der Waals surface area (Å²) in [6, 6.07) is 7.89. The molecule has 15 heavy (non-hydrogen) atoms. The first-order chi connectivity index (χ1) is 7.17. The Bertz CT molecular complexity index is 383. The van der Waals surface area contributed by atoms with Crippen molar-refractivity contribution >= 4 is 21.8 Å². The number of amides is 1. The molecule has 0 aliphatic heterocycles. The molecule has 0 saturated heterocycles. The van der Waals surface area contributed by atoms with E-state index >= 15 is 0 Å². The zero-order chi connectivity index (χ0) is 10.9. The summed E-state index contributed by atoms with van der Waals surface area (Å²) in [4.78, 5) is 11.7. The Balaban J connectivity index is 2.50. The molecule has 1 aliphatic rings. The number of hydrogen-bond donors (Lipinski definition) is 1. The third-order valence-electron chi connectivity index (χ3n) is 3.32. The molecule has 0 unspecified atom stereocenters. The van der Waals surface area contributed by atoms with Gasteiger partial charge in [0, 0.05) is 4.47 Å². The van der Waals surface area contributed by atoms with E-state index in [1.54, 1.807) is 0 Å². The third-order valence-corrected chi connectivity index (χ3v) is 4.01. The summed E-state index contributed by atoms with van der Waals surface area (Å²) in [5.41, 5.74) is 6.19. The molecular formula is C12H14BrNO. The molecule has 0 atom stereocenters. The first-order valence-corrected chi connectivity index (χ1v) is 6.01. The van der Waals surface area contributed by atoms with Crippen molar-refractivity contribution in [1.82, 2.24) is 0 Å². The summed E-state index contributed by atoms with van der Waals surface area (Å²) in [6.07, 6.45) is 3.93. The molecule has 1 saturated carbocycles. The van der Waals surface area contributed by atoms with Gasteiger partial charge in [0.15, 0.2) is 0 Å². The lowest BCUT2D eigenvalue weighted by molar-refractivity contribution is -0.123. The molecule has 1 aromatic rings. The van der Waals surface area contributed by atoms with Crippen molar-refractivity contribution < 1.29 is 4.79 Å². The van der Waals surface area contributed by atoms with Crippen LogP contribution < -0.4 is 5.73 Å². The van der Waals surface area contributed by atoms with Crippen molar-refractivity contribution in [3.63, 3.8) is 0 Å². The lowest BCUT2D eigenvalue weighted by Gasteiger charge is -2.26. The van der Waals surface area contributed by atoms with Gasteiger partial charge in [0.25, 0.3) is 0 Å². The highest BCUT2D eigenvalue weighted by Gasteiger charge is 2.42. The summed E-state index contributed by atoms with van der Waals surface area (Å²) < 4.78 is 0.991. The third kappa shape index (κ3) is 1.69. The predicted molar refractivity (Wildman–Crippen MR) is 63.5 cm³/mol. The first-order valence-electron chi connectivity index (χ1n) is 5.22. The molecule has 1 fully saturated rings. The molecule has 80 valence electrons. The van der Waals surface area contributed by atoms with E-state index in [-0.39, 0.29) is 5.91 Å². The Morgan fingerprint density at radius 3 is 2.40 bits per heavy atom. The van der Waals surface area contributed by atoms with Crippen LogP contribution in [0.4, 0.5) is 0 Å². The summed E-state index contributed by atoms with van der Waals surface area (Å²) >= 11 is 3.50. The molecular weight excluding hydrogens is 254 g/mol. The highest BCUT2D eigenvalue weighted by Crippen LogP contribution is 2.43. The molecule has 1 amide bonds. The molecule has 3 heteroatoms. The monoisotopic (exact) mass is 267 g/mol. The highest BCUT2D eigenvalue weighted by molar-refractivity contribution is 9.10. The second-order valence-electron chi connectivity index (χ2n) is 4.13. The van der Waals surface area contributed by atoms with E-state index in [1.807, 2.05) is 24.3 Å². The van der Waals surface area contributed by atoms with Crippen LogP contribution in [0.25, 0.3) is 0 Å². The summed E-state index contributed by atoms with van der Waals surface area (Å²) in [5, 5.41) is 0. The number of hydrogen-bond acceptors (Lipinski definition) is 1. The van der Waals surface area contributed by atoms with E-state index in [9.17, 15) is 4.79 Å². The lowest BCUT2D eigenvalue weighted by atomic mass is 9.78. The number of halogens is 1. The minimum Gasteiger partial charge on any atom is -0.369 e. The normalized spacial score (nSPS) is 19.0. The highest BCUT2D eigenvalue weighted by atomic mass is 79.9. The molecule has 2 N–H and O–H groups in total. The second kappa shape index (κ2) is 3.97. The van der Waals surface area contributed by atoms with Crippen molar-refractivity contribution in [2.45, 2.75) is 31.1 Å². The van der Waals surface area contributed by atoms with Crippen molar-refractivity contribution in [2.75, 3.05) is 0 Å². The predicted octanol–water partition coefficient (Wildman–Crippen LogP) is 2.75. The van der Waals surface area contributed by atoms with Crippen LogP contribution in [0.15, 0.2) is 28.7 Å². The number of carbonyl (C=O) groups is 1. The SMILES string of the molecule is NC(=O)C1(c2ccccc2Br)CCCC1. The van der Waals surface area contributed by atoms with E-state index < -0.39 is 5.41 Å². The largest absolute Gasteiger partial charge is 0.369 e. The van der Waals surface area contributed by atoms with Crippen LogP contribution >= 0.6 is 15.9 Å². The van der Waals surface area contributed by atoms with Crippen LogP contribution in [0.3, 0.4) is 0 Å². The Morgan fingerprint density at radius 2 is 1.87 bits per heavy atom. The van der Waals surface area contributed by atoms with Crippen LogP contribution in [0.2, 0.25) is 0 Å². The standard InChI is InChI=1S/C12H14BrNO/c13-10-6-2-1-5-9(10)12(11(14)15)7-3-4-8-12/h1-2,5-6H,3-4,7-8H2,(H2,14,15). The fourth-order valence-electron chi connectivity index (χ4n) is 2.48. The zero-order valence-corrected chi connectivity index (χ0v) is 10.1. The van der Waals surface area contributed by atoms with E-state index in [2.05, 4.69) is 15.9 Å². The Labute approximate surface area is 98.0 Å². The quantitative estimate of drug-likeness (QED) is 0.880. The fourth-order valence-corrected chi connectivity index (χ4v) is 3.14. The van der Waals surface area contributed by atoms with E-state index in [4.69, 9.17) is 5.73 Å². The molecule has 2 nitrogen and oxygen atoms in total. The molecule has 0 bridgehead atoms. The molecule has 0 spiro atoms. The lowest BCUT2D eigenvalue weighted by Crippen LogP contribution is -2.39. The first kappa shape index (κ1) is 10.7. The van der Waals surface area contributed by atoms with Crippen molar-refractivity contribution in [3.05, 3.63) is 34.3 Å². The van der Waals surface area contributed by atoms with E-state index in [1.165, 1.54) is 0 Å². The average Bonchev–Trinajstić information content (AvgIpc) is 2.68. The fraction of sp³-hybridized carbons (Fsp3) is 0.417. The number of nitrogens with two attached hydrogens (primary N) is 1. The smallest absolute Gasteiger partial charge is 0.228 e. The van der Waals surface area contributed by atoms with Gasteiger partial charge in [-0.15, -0.1) is 0 Å². The molecule has 1 aliphatic carbocycles. The maximum atomic E-state index is 11.7. The van der Waals surface area contributed by atoms with Gasteiger partial charge in [-0.1, -0.05) is 47.0 Å². The van der Waals surface area contributed by atoms with E-state index in [0.717, 1.165) is 35.7 Å². The summed E-state index contributed by atoms with van der Waals surface area (Å²) in [5.74, 6) is -0.188. The van der Waals surface area contributed by atoms with Gasteiger partial charge >= 0.3 is 0 Å². The van der Waals surface area contributed by atoms with Gasteiger partial charge in [-0.2, -0.15) is 0 Å². The van der Waals surface area contributed by atoms with Crippen LogP contribution in [0.5, 0.6) is 0 Å². The van der Waals surface area contributed by atoms with Crippen molar-refractivity contribution in [3.8, 4) is 0 Å². The second-order valence-corrected chi connectivity index (χ2v) is 4.99. The Hall–Kier alpha value is -0.830. The molecule has 0 aromatic heterocycles. The summed E-state index contributed by atoms with van der Waals surface area (Å²) in [6.45, 7) is 0. The number of benzene rings is 1. The van der Waals surface area contributed by atoms with Gasteiger partial charge in [0.1, 0.15) is 0 Å². The van der Waals surface area contributed by atoms with Crippen LogP contribution in [0, 0.1) is 0 Å². The minimum atomic E-state index is -0.430. The van der Waals surface area contributed by atoms with Gasteiger partial charge in [-0.25, -0.2) is 0 Å². The van der Waals surface area contributed by atoms with Crippen molar-refractivity contribution in [2.24, 2.45) is 5.73 Å². The molecule has 2 rings (SSSR count). The number of rotatable bonds is 2. The topological polar surface area (TPSA) is 43.1 Å². The number of carbonyl (C=O) groups excluding carboxylic acids is 1. The van der Waals surface area contributed by atoms with Gasteiger partial charge in [0.05, 0.1) is 5.41 Å². The maximum absolute atomic E-state index is 11.7. The van der Waals surface area contributed by atoms with Gasteiger partial charge in [-0.05, 0) is 24.5 Å². The van der Waals surface area contributed by atoms with Crippen LogP contribution in [-0.4, -0.2) is 5.91 Å². The van der Waals surface area contributed by atoms with Gasteiger partial charge < -0.3 is 5.73 Å². The van der Waals surface area contributed by atoms with E-state index in [0.29, 0.717) is 0 Å². The molecule has 1 aromatic carbocycles. The average molecular weight is 268 g/mol. The van der Waals surface area contributed by atoms with Crippen molar-refractivity contribution in [1.29, 1.82) is 0 Å². The molecule has 0 radical (unpaired) electrons. The van der Waals surface area contributed by atoms with Crippen LogP contribution in [0.1, 0.15) is 31.2 Å². The van der Waals surface area contributed by atoms with Gasteiger partial charge in [0.2, 0.25) is 5.91 Å². The van der Waals surface area contributed by atoms with Gasteiger partial charge in [-0.3, -0.25) is 4.79 Å². The zero-order valence-electron chi connectivity index (χ0n) is 8.50. The minimum absolute atomic E-state index is 0.188. The summed E-state index contributed by atoms with van der Waals surface area (Å²) in [7, 11) is 0. The maximum Gasteiger partial charge on any atom is 0.228 e. The number of primary amides is 1. The molecule has 0 heterocycles. The Morgan fingerprint density at radius 1 is 1.27 bits per heavy atom. The van der Waals surface area contributed by atoms with Crippen LogP contribution in [-0.2, 0) is 10.2 Å².